The summed E-state index contributed by atoms with van der Waals surface area (Å²) in [5.41, 5.74) is 0.657. The molecular weight excluding hydrogens is 356 g/mol. The van der Waals surface area contributed by atoms with Crippen molar-refractivity contribution in [2.24, 2.45) is 0 Å². The van der Waals surface area contributed by atoms with Crippen LogP contribution in [0.25, 0.3) is 0 Å². The number of ether oxygens (including phenoxy) is 1. The number of hydrogen-bond acceptors (Lipinski definition) is 4. The molecule has 1 aliphatic heterocycles. The van der Waals surface area contributed by atoms with Gasteiger partial charge < -0.3 is 19.9 Å². The van der Waals surface area contributed by atoms with E-state index in [9.17, 15) is 9.59 Å². The van der Waals surface area contributed by atoms with Crippen LogP contribution in [-0.2, 0) is 4.79 Å². The van der Waals surface area contributed by atoms with Crippen molar-refractivity contribution in [3.8, 4) is 11.5 Å². The molecule has 1 N–H and O–H groups in total. The second-order valence-corrected chi connectivity index (χ2v) is 6.86. The molecule has 1 saturated heterocycles. The largest absolute Gasteiger partial charge is 0.456 e. The van der Waals surface area contributed by atoms with Crippen LogP contribution in [0, 0.1) is 0 Å². The highest BCUT2D eigenvalue weighted by atomic mass is 16.5. The topological polar surface area (TPSA) is 74.8 Å². The van der Waals surface area contributed by atoms with Crippen LogP contribution in [0.4, 0.5) is 10.5 Å². The number of carbonyl (C=O) groups is 2. The third-order valence-corrected chi connectivity index (χ3v) is 4.78. The fourth-order valence-electron chi connectivity index (χ4n) is 3.18. The van der Waals surface area contributed by atoms with E-state index in [0.29, 0.717) is 36.7 Å². The number of rotatable bonds is 6. The molecule has 3 amide bonds. The number of hydrogen-bond donors (Lipinski definition) is 1. The lowest BCUT2D eigenvalue weighted by Crippen LogP contribution is -2.58. The Bertz CT molecular complexity index is 795. The number of anilines is 1. The van der Waals surface area contributed by atoms with Crippen LogP contribution in [0.3, 0.4) is 0 Å². The molecule has 0 saturated carbocycles. The van der Waals surface area contributed by atoms with Crippen LogP contribution < -0.4 is 10.1 Å². The van der Waals surface area contributed by atoms with E-state index < -0.39 is 6.04 Å². The molecule has 2 aromatic rings. The highest BCUT2D eigenvalue weighted by Crippen LogP contribution is 2.23. The lowest BCUT2D eigenvalue weighted by molar-refractivity contribution is -0.138. The van der Waals surface area contributed by atoms with Gasteiger partial charge in [-0.1, -0.05) is 19.8 Å². The van der Waals surface area contributed by atoms with E-state index in [1.54, 1.807) is 59.6 Å². The van der Waals surface area contributed by atoms with E-state index in [4.69, 9.17) is 4.74 Å². The number of carbonyl (C=O) groups excluding carboxylic acids is 2. The number of benzene rings is 1. The Balaban J connectivity index is 1.63. The van der Waals surface area contributed by atoms with Crippen molar-refractivity contribution < 1.29 is 14.3 Å². The van der Waals surface area contributed by atoms with Gasteiger partial charge in [0.05, 0.1) is 6.20 Å². The number of aromatic nitrogens is 1. The summed E-state index contributed by atoms with van der Waals surface area (Å²) in [6.07, 6.45) is 5.90. The first-order chi connectivity index (χ1) is 13.6. The predicted octanol–water partition coefficient (Wildman–Crippen LogP) is 3.74. The van der Waals surface area contributed by atoms with Crippen molar-refractivity contribution in [3.63, 3.8) is 0 Å². The van der Waals surface area contributed by atoms with Crippen molar-refractivity contribution in [2.45, 2.75) is 32.2 Å². The van der Waals surface area contributed by atoms with E-state index in [-0.39, 0.29) is 11.9 Å². The summed E-state index contributed by atoms with van der Waals surface area (Å²) in [7, 11) is 1.79. The second kappa shape index (κ2) is 9.21. The molecule has 7 nitrogen and oxygen atoms in total. The lowest BCUT2D eigenvalue weighted by atomic mass is 10.0. The van der Waals surface area contributed by atoms with Crippen LogP contribution in [0.15, 0.2) is 48.8 Å². The van der Waals surface area contributed by atoms with Crippen molar-refractivity contribution >= 4 is 17.6 Å². The first kappa shape index (κ1) is 19.7. The Morgan fingerprint density at radius 2 is 2.00 bits per heavy atom. The van der Waals surface area contributed by atoms with Gasteiger partial charge in [-0.15, -0.1) is 0 Å². The summed E-state index contributed by atoms with van der Waals surface area (Å²) in [6, 6.07) is 10.1. The van der Waals surface area contributed by atoms with Gasteiger partial charge in [-0.25, -0.2) is 4.79 Å². The van der Waals surface area contributed by atoms with Gasteiger partial charge in [0, 0.05) is 32.0 Å². The molecule has 2 heterocycles. The summed E-state index contributed by atoms with van der Waals surface area (Å²) in [6.45, 7) is 3.16. The summed E-state index contributed by atoms with van der Waals surface area (Å²) in [4.78, 5) is 32.6. The van der Waals surface area contributed by atoms with Gasteiger partial charge in [0.1, 0.15) is 17.5 Å². The molecule has 0 radical (unpaired) electrons. The monoisotopic (exact) mass is 382 g/mol. The van der Waals surface area contributed by atoms with Gasteiger partial charge in [0.2, 0.25) is 5.91 Å². The fourth-order valence-corrected chi connectivity index (χ4v) is 3.18. The average molecular weight is 382 g/mol. The summed E-state index contributed by atoms with van der Waals surface area (Å²) < 4.78 is 5.71. The molecule has 1 aromatic carbocycles. The number of piperazine rings is 1. The molecule has 1 atom stereocenters. The normalized spacial score (nSPS) is 16.8. The SMILES string of the molecule is CCCC[C@H]1C(=O)N(C)CCN1C(=O)Nc1ccc(Oc2cccnc2)cc1. The molecule has 3 rings (SSSR count). The van der Waals surface area contributed by atoms with Gasteiger partial charge in [-0.3, -0.25) is 9.78 Å². The maximum Gasteiger partial charge on any atom is 0.322 e. The van der Waals surface area contributed by atoms with Gasteiger partial charge in [0.25, 0.3) is 0 Å². The van der Waals surface area contributed by atoms with Gasteiger partial charge in [-0.2, -0.15) is 0 Å². The van der Waals surface area contributed by atoms with Gasteiger partial charge in [-0.05, 0) is 42.8 Å². The number of unbranched alkanes of at least 4 members (excludes halogenated alkanes) is 1. The average Bonchev–Trinajstić information content (AvgIpc) is 2.71. The van der Waals surface area contributed by atoms with Gasteiger partial charge >= 0.3 is 6.03 Å². The molecule has 0 aliphatic carbocycles. The zero-order valence-corrected chi connectivity index (χ0v) is 16.3. The summed E-state index contributed by atoms with van der Waals surface area (Å²) >= 11 is 0. The fraction of sp³-hybridized carbons (Fsp3) is 0.381. The quantitative estimate of drug-likeness (QED) is 0.826. The first-order valence-corrected chi connectivity index (χ1v) is 9.59. The number of amides is 3. The van der Waals surface area contributed by atoms with Gasteiger partial charge in [0.15, 0.2) is 0 Å². The molecule has 148 valence electrons. The van der Waals surface area contributed by atoms with E-state index in [2.05, 4.69) is 17.2 Å². The number of pyridine rings is 1. The van der Waals surface area contributed by atoms with Crippen LogP contribution in [-0.4, -0.2) is 52.9 Å². The maximum absolute atomic E-state index is 12.8. The third kappa shape index (κ3) is 4.79. The number of nitrogens with one attached hydrogen (secondary N) is 1. The minimum atomic E-state index is -0.396. The predicted molar refractivity (Wildman–Crippen MR) is 107 cm³/mol. The Morgan fingerprint density at radius 3 is 2.68 bits per heavy atom. The zero-order chi connectivity index (χ0) is 19.9. The summed E-state index contributed by atoms with van der Waals surface area (Å²) in [5, 5.41) is 2.89. The molecule has 0 bridgehead atoms. The van der Waals surface area contributed by atoms with E-state index in [1.165, 1.54) is 0 Å². The zero-order valence-electron chi connectivity index (χ0n) is 16.3. The molecular formula is C21H26N4O3. The minimum Gasteiger partial charge on any atom is -0.456 e. The Hall–Kier alpha value is -3.09. The van der Waals surface area contributed by atoms with Crippen molar-refractivity contribution in [1.29, 1.82) is 0 Å². The smallest absolute Gasteiger partial charge is 0.322 e. The highest BCUT2D eigenvalue weighted by molar-refractivity contribution is 5.94. The second-order valence-electron chi connectivity index (χ2n) is 6.86. The Labute approximate surface area is 165 Å². The van der Waals surface area contributed by atoms with E-state index in [0.717, 1.165) is 12.8 Å². The van der Waals surface area contributed by atoms with E-state index >= 15 is 0 Å². The van der Waals surface area contributed by atoms with Crippen LogP contribution in [0.2, 0.25) is 0 Å². The number of nitrogens with zero attached hydrogens (tertiary/aromatic N) is 3. The van der Waals surface area contributed by atoms with Crippen LogP contribution >= 0.6 is 0 Å². The maximum atomic E-state index is 12.8. The van der Waals surface area contributed by atoms with Crippen LogP contribution in [0.5, 0.6) is 11.5 Å². The highest BCUT2D eigenvalue weighted by Gasteiger charge is 2.35. The molecule has 1 aliphatic rings. The molecule has 1 aromatic heterocycles. The number of likely N-dealkylation sites (N-methyl/N-ethyl adjacent to an activating group) is 1. The number of urea groups is 1. The minimum absolute atomic E-state index is 0.00932. The Morgan fingerprint density at radius 1 is 1.21 bits per heavy atom. The van der Waals surface area contributed by atoms with Crippen LogP contribution in [0.1, 0.15) is 26.2 Å². The third-order valence-electron chi connectivity index (χ3n) is 4.78. The molecule has 0 unspecified atom stereocenters. The van der Waals surface area contributed by atoms with Crippen molar-refractivity contribution in [3.05, 3.63) is 48.8 Å². The molecule has 28 heavy (non-hydrogen) atoms. The molecule has 0 spiro atoms. The Kier molecular flexibility index (Phi) is 6.47. The van der Waals surface area contributed by atoms with E-state index in [1.807, 2.05) is 6.07 Å². The lowest BCUT2D eigenvalue weighted by Gasteiger charge is -2.39. The van der Waals surface area contributed by atoms with Crippen molar-refractivity contribution in [1.82, 2.24) is 14.8 Å². The van der Waals surface area contributed by atoms with Crippen molar-refractivity contribution in [2.75, 3.05) is 25.5 Å². The summed E-state index contributed by atoms with van der Waals surface area (Å²) in [5.74, 6) is 1.31. The molecule has 7 heteroatoms. The standard InChI is InChI=1S/C21H26N4O3/c1-3-4-7-19-20(26)24(2)13-14-25(19)21(27)23-16-8-10-17(11-9-16)28-18-6-5-12-22-15-18/h5-6,8-12,15,19H,3-4,7,13-14H2,1-2H3,(H,23,27)/t19-/m0/s1. The first-order valence-electron chi connectivity index (χ1n) is 9.59. The molecule has 1 fully saturated rings.